The molecule has 0 spiro atoms. The fraction of sp³-hybridized carbons (Fsp3) is 0.136. The van der Waals surface area contributed by atoms with Crippen molar-refractivity contribution in [2.75, 3.05) is 18.5 Å². The van der Waals surface area contributed by atoms with Gasteiger partial charge in [0, 0.05) is 29.9 Å². The minimum Gasteiger partial charge on any atom is -0.508 e. The Hall–Kier alpha value is -2.84. The van der Waals surface area contributed by atoms with Crippen LogP contribution in [0.25, 0.3) is 34.0 Å². The molecule has 2 aromatic carbocycles. The number of hydrogen-bond donors (Lipinski definition) is 4. The molecule has 0 saturated heterocycles. The second kappa shape index (κ2) is 9.75. The second-order valence-corrected chi connectivity index (χ2v) is 8.12. The van der Waals surface area contributed by atoms with Crippen LogP contribution in [0.5, 0.6) is 5.75 Å². The second-order valence-electron chi connectivity index (χ2n) is 6.87. The van der Waals surface area contributed by atoms with E-state index in [0.717, 1.165) is 5.56 Å². The Balaban J connectivity index is 1.86. The summed E-state index contributed by atoms with van der Waals surface area (Å²) in [6.45, 7) is 0.609. The van der Waals surface area contributed by atoms with Crippen molar-refractivity contribution < 1.29 is 10.2 Å². The molecule has 10 heteroatoms. The predicted octanol–water partition coefficient (Wildman–Crippen LogP) is 5.66. The predicted molar refractivity (Wildman–Crippen MR) is 127 cm³/mol. The zero-order chi connectivity index (χ0) is 22.7. The van der Waals surface area contributed by atoms with Crippen LogP contribution in [0.1, 0.15) is 6.42 Å². The van der Waals surface area contributed by atoms with Crippen LogP contribution >= 0.6 is 34.8 Å². The molecule has 0 unspecified atom stereocenters. The number of phenolic OH excluding ortho intramolecular Hbond substituents is 1. The van der Waals surface area contributed by atoms with Gasteiger partial charge in [-0.3, -0.25) is 0 Å². The van der Waals surface area contributed by atoms with Crippen LogP contribution in [-0.2, 0) is 0 Å². The molecule has 4 N–H and O–H groups in total. The number of H-pyrrole nitrogens is 1. The number of imidazole rings is 1. The first kappa shape index (κ1) is 22.4. The third kappa shape index (κ3) is 4.81. The van der Waals surface area contributed by atoms with Crippen LogP contribution in [0.4, 0.5) is 5.95 Å². The average Bonchev–Trinajstić information content (AvgIpc) is 3.18. The van der Waals surface area contributed by atoms with E-state index < -0.39 is 0 Å². The van der Waals surface area contributed by atoms with Crippen molar-refractivity contribution in [3.8, 4) is 39.8 Å². The van der Waals surface area contributed by atoms with Crippen LogP contribution < -0.4 is 5.32 Å². The number of nitrogens with one attached hydrogen (secondary N) is 2. The van der Waals surface area contributed by atoms with E-state index in [4.69, 9.17) is 44.9 Å². The van der Waals surface area contributed by atoms with E-state index >= 15 is 0 Å². The minimum absolute atomic E-state index is 0.0417. The highest BCUT2D eigenvalue weighted by atomic mass is 35.5. The van der Waals surface area contributed by atoms with Gasteiger partial charge in [-0.25, -0.2) is 15.0 Å². The molecule has 7 nitrogen and oxygen atoms in total. The summed E-state index contributed by atoms with van der Waals surface area (Å²) in [5, 5.41) is 22.9. The first-order valence-electron chi connectivity index (χ1n) is 9.68. The van der Waals surface area contributed by atoms with Crippen molar-refractivity contribution >= 4 is 40.8 Å². The Kier molecular flexibility index (Phi) is 6.81. The number of aromatic hydroxyl groups is 1. The summed E-state index contributed by atoms with van der Waals surface area (Å²) in [4.78, 5) is 16.8. The molecule has 4 aromatic rings. The van der Waals surface area contributed by atoms with Crippen LogP contribution in [0.3, 0.4) is 0 Å². The number of anilines is 1. The number of halogens is 3. The lowest BCUT2D eigenvalue weighted by molar-refractivity contribution is 0.292. The highest BCUT2D eigenvalue weighted by molar-refractivity contribution is 6.39. The molecule has 0 aliphatic carbocycles. The maximum atomic E-state index is 9.78. The molecule has 0 aliphatic rings. The number of phenols is 1. The van der Waals surface area contributed by atoms with Gasteiger partial charge in [0.25, 0.3) is 0 Å². The number of nitrogens with zero attached hydrogens (tertiary/aromatic N) is 3. The average molecular weight is 491 g/mol. The summed E-state index contributed by atoms with van der Waals surface area (Å²) in [5.74, 6) is 0.795. The monoisotopic (exact) mass is 489 g/mol. The van der Waals surface area contributed by atoms with Crippen molar-refractivity contribution in [1.29, 1.82) is 0 Å². The van der Waals surface area contributed by atoms with E-state index in [0.29, 0.717) is 52.4 Å². The third-order valence-corrected chi connectivity index (χ3v) is 5.43. The minimum atomic E-state index is -0.0417. The summed E-state index contributed by atoms with van der Waals surface area (Å²) < 4.78 is 0. The van der Waals surface area contributed by atoms with E-state index in [9.17, 15) is 5.11 Å². The van der Waals surface area contributed by atoms with Crippen molar-refractivity contribution in [2.24, 2.45) is 0 Å². The van der Waals surface area contributed by atoms with Crippen LogP contribution in [-0.4, -0.2) is 43.3 Å². The lowest BCUT2D eigenvalue weighted by Gasteiger charge is -2.07. The van der Waals surface area contributed by atoms with Crippen molar-refractivity contribution in [2.45, 2.75) is 6.42 Å². The Morgan fingerprint density at radius 3 is 2.50 bits per heavy atom. The molecule has 0 atom stereocenters. The Morgan fingerprint density at radius 1 is 1.00 bits per heavy atom. The zero-order valence-electron chi connectivity index (χ0n) is 16.6. The van der Waals surface area contributed by atoms with Crippen LogP contribution in [0.15, 0.2) is 48.7 Å². The van der Waals surface area contributed by atoms with E-state index in [-0.39, 0.29) is 22.4 Å². The molecule has 0 saturated carbocycles. The number of aliphatic hydroxyl groups is 1. The molecule has 0 amide bonds. The standard InChI is InChI=1S/C22H18Cl3N5O2/c23-13-4-1-3-12(9-13)19-20(17-5-7-27-22(28-17)26-6-2-8-31)30-21(29-19)18-15(24)10-14(32)11-16(18)25/h1,3-5,7,9-11,31-32H,2,6,8H2,(H,29,30)(H,26,27,28). The van der Waals surface area contributed by atoms with Gasteiger partial charge in [-0.1, -0.05) is 46.9 Å². The summed E-state index contributed by atoms with van der Waals surface area (Å²) in [6, 6.07) is 11.8. The summed E-state index contributed by atoms with van der Waals surface area (Å²) in [7, 11) is 0. The van der Waals surface area contributed by atoms with Crippen LogP contribution in [0.2, 0.25) is 15.1 Å². The normalized spacial score (nSPS) is 11.0. The molecule has 2 aromatic heterocycles. The molecular formula is C22H18Cl3N5O2. The highest BCUT2D eigenvalue weighted by Gasteiger charge is 2.20. The number of hydrogen-bond acceptors (Lipinski definition) is 6. The third-order valence-electron chi connectivity index (χ3n) is 4.60. The van der Waals surface area contributed by atoms with Crippen LogP contribution in [0, 0.1) is 0 Å². The molecule has 0 radical (unpaired) electrons. The van der Waals surface area contributed by atoms with Crippen molar-refractivity contribution in [1.82, 2.24) is 19.9 Å². The molecule has 0 aliphatic heterocycles. The van der Waals surface area contributed by atoms with E-state index in [1.165, 1.54) is 12.1 Å². The molecule has 0 bridgehead atoms. The van der Waals surface area contributed by atoms with Gasteiger partial charge < -0.3 is 20.5 Å². The fourth-order valence-corrected chi connectivity index (χ4v) is 4.01. The summed E-state index contributed by atoms with van der Waals surface area (Å²) in [6.07, 6.45) is 2.21. The van der Waals surface area contributed by atoms with Crippen molar-refractivity contribution in [3.63, 3.8) is 0 Å². The van der Waals surface area contributed by atoms with Gasteiger partial charge in [0.15, 0.2) is 0 Å². The van der Waals surface area contributed by atoms with E-state index in [2.05, 4.69) is 20.3 Å². The number of benzene rings is 2. The first-order valence-corrected chi connectivity index (χ1v) is 10.8. The number of aromatic nitrogens is 4. The van der Waals surface area contributed by atoms with Gasteiger partial charge in [-0.15, -0.1) is 0 Å². The number of aromatic amines is 1. The molecule has 0 fully saturated rings. The summed E-state index contributed by atoms with van der Waals surface area (Å²) >= 11 is 18.9. The Bertz CT molecular complexity index is 1240. The molecule has 32 heavy (non-hydrogen) atoms. The largest absolute Gasteiger partial charge is 0.508 e. The maximum absolute atomic E-state index is 9.78. The highest BCUT2D eigenvalue weighted by Crippen LogP contribution is 2.40. The van der Waals surface area contributed by atoms with Crippen molar-refractivity contribution in [3.05, 3.63) is 63.7 Å². The SMILES string of the molecule is OCCCNc1nccc(-c2[nH]c(-c3c(Cl)cc(O)cc3Cl)nc2-c2cccc(Cl)c2)n1. The molecular weight excluding hydrogens is 473 g/mol. The van der Waals surface area contributed by atoms with Gasteiger partial charge in [0.2, 0.25) is 5.95 Å². The lowest BCUT2D eigenvalue weighted by atomic mass is 10.1. The molecule has 2 heterocycles. The smallest absolute Gasteiger partial charge is 0.223 e. The lowest BCUT2D eigenvalue weighted by Crippen LogP contribution is -2.07. The van der Waals surface area contributed by atoms with Gasteiger partial charge in [-0.2, -0.15) is 0 Å². The Labute approximate surface area is 199 Å². The maximum Gasteiger partial charge on any atom is 0.223 e. The summed E-state index contributed by atoms with van der Waals surface area (Å²) in [5.41, 5.74) is 3.04. The zero-order valence-corrected chi connectivity index (χ0v) is 18.9. The topological polar surface area (TPSA) is 107 Å². The molecule has 164 valence electrons. The van der Waals surface area contributed by atoms with E-state index in [1.807, 2.05) is 12.1 Å². The molecule has 4 rings (SSSR count). The quantitative estimate of drug-likeness (QED) is 0.249. The fourth-order valence-electron chi connectivity index (χ4n) is 3.17. The Morgan fingerprint density at radius 2 is 1.78 bits per heavy atom. The van der Waals surface area contributed by atoms with Gasteiger partial charge in [0.05, 0.1) is 32.7 Å². The van der Waals surface area contributed by atoms with Gasteiger partial charge in [-0.05, 0) is 36.8 Å². The van der Waals surface area contributed by atoms with Gasteiger partial charge in [0.1, 0.15) is 11.6 Å². The first-order chi connectivity index (χ1) is 15.5. The number of rotatable bonds is 7. The number of aliphatic hydroxyl groups excluding tert-OH is 1. The van der Waals surface area contributed by atoms with E-state index in [1.54, 1.807) is 24.4 Å². The van der Waals surface area contributed by atoms with Gasteiger partial charge >= 0.3 is 0 Å².